The maximum absolute atomic E-state index is 14.8. The first kappa shape index (κ1) is 18.8. The molecule has 1 fully saturated rings. The Morgan fingerprint density at radius 1 is 1.00 bits per heavy atom. The number of likely N-dealkylation sites (N-methyl/N-ethyl adjacent to an activating group) is 3. The minimum absolute atomic E-state index is 0.127. The summed E-state index contributed by atoms with van der Waals surface area (Å²) in [7, 11) is 4.46. The van der Waals surface area contributed by atoms with Gasteiger partial charge in [0, 0.05) is 38.0 Å². The fraction of sp³-hybridized carbons (Fsp3) is 0.350. The van der Waals surface area contributed by atoms with Crippen molar-refractivity contribution in [3.63, 3.8) is 0 Å². The SMILES string of the molecule is CC1=CC(C)(C)N(C)c2cc(F)c(C=C3C(=O)N(C)C(=O)N(C)C3=O)cc21. The van der Waals surface area contributed by atoms with Crippen molar-refractivity contribution in [1.82, 2.24) is 9.80 Å². The highest BCUT2D eigenvalue weighted by atomic mass is 19.1. The number of barbiturate groups is 1. The number of fused-ring (bicyclic) bond motifs is 1. The van der Waals surface area contributed by atoms with Gasteiger partial charge in [-0.05, 0) is 44.6 Å². The number of urea groups is 1. The molecule has 4 amide bonds. The fourth-order valence-corrected chi connectivity index (χ4v) is 3.43. The van der Waals surface area contributed by atoms with Crippen LogP contribution in [-0.2, 0) is 9.59 Å². The number of imide groups is 2. The highest BCUT2D eigenvalue weighted by Crippen LogP contribution is 2.39. The van der Waals surface area contributed by atoms with E-state index in [0.29, 0.717) is 0 Å². The van der Waals surface area contributed by atoms with Crippen LogP contribution >= 0.6 is 0 Å². The molecule has 0 radical (unpaired) electrons. The van der Waals surface area contributed by atoms with E-state index in [-0.39, 0.29) is 16.7 Å². The number of rotatable bonds is 1. The van der Waals surface area contributed by atoms with Gasteiger partial charge >= 0.3 is 6.03 Å². The van der Waals surface area contributed by atoms with Crippen molar-refractivity contribution in [2.75, 3.05) is 26.0 Å². The molecule has 0 bridgehead atoms. The summed E-state index contributed by atoms with van der Waals surface area (Å²) < 4.78 is 14.8. The van der Waals surface area contributed by atoms with Crippen molar-refractivity contribution >= 4 is 35.2 Å². The zero-order valence-electron chi connectivity index (χ0n) is 16.3. The van der Waals surface area contributed by atoms with Crippen LogP contribution in [-0.4, -0.2) is 54.3 Å². The van der Waals surface area contributed by atoms with Crippen molar-refractivity contribution < 1.29 is 18.8 Å². The Labute approximate surface area is 157 Å². The summed E-state index contributed by atoms with van der Waals surface area (Å²) in [6.45, 7) is 6.02. The van der Waals surface area contributed by atoms with Gasteiger partial charge in [-0.3, -0.25) is 19.4 Å². The van der Waals surface area contributed by atoms with Gasteiger partial charge in [0.15, 0.2) is 0 Å². The Balaban J connectivity index is 2.13. The standard InChI is InChI=1S/C20H22FN3O3/c1-11-10-20(2,3)24(6)16-9-15(21)12(7-13(11)16)8-14-17(25)22(4)19(27)23(5)18(14)26/h7-10H,1-6H3. The van der Waals surface area contributed by atoms with Crippen molar-refractivity contribution in [3.05, 3.63) is 40.7 Å². The highest BCUT2D eigenvalue weighted by Gasteiger charge is 2.38. The van der Waals surface area contributed by atoms with Crippen LogP contribution < -0.4 is 4.90 Å². The Hall–Kier alpha value is -2.96. The number of nitrogens with zero attached hydrogens (tertiary/aromatic N) is 3. The van der Waals surface area contributed by atoms with Crippen LogP contribution in [0.1, 0.15) is 31.9 Å². The van der Waals surface area contributed by atoms with Gasteiger partial charge in [0.05, 0.1) is 5.54 Å². The topological polar surface area (TPSA) is 60.9 Å². The quantitative estimate of drug-likeness (QED) is 0.563. The molecule has 0 aliphatic carbocycles. The number of carbonyl (C=O) groups excluding carboxylic acids is 3. The molecule has 0 unspecified atom stereocenters. The molecule has 2 aliphatic heterocycles. The third-order valence-corrected chi connectivity index (χ3v) is 5.28. The van der Waals surface area contributed by atoms with Crippen molar-refractivity contribution in [2.24, 2.45) is 0 Å². The number of halogens is 1. The Bertz CT molecular complexity index is 920. The van der Waals surface area contributed by atoms with Gasteiger partial charge in [-0.1, -0.05) is 6.08 Å². The van der Waals surface area contributed by atoms with Crippen LogP contribution in [0.25, 0.3) is 11.6 Å². The minimum Gasteiger partial charge on any atom is -0.365 e. The summed E-state index contributed by atoms with van der Waals surface area (Å²) in [4.78, 5) is 40.2. The smallest absolute Gasteiger partial charge is 0.333 e. The second-order valence-electron chi connectivity index (χ2n) is 7.50. The lowest BCUT2D eigenvalue weighted by molar-refractivity contribution is -0.134. The zero-order valence-corrected chi connectivity index (χ0v) is 16.3. The molecule has 1 aromatic carbocycles. The van der Waals surface area contributed by atoms with Crippen molar-refractivity contribution in [2.45, 2.75) is 26.3 Å². The molecule has 0 N–H and O–H groups in total. The Kier molecular flexibility index (Phi) is 4.21. The van der Waals surface area contributed by atoms with E-state index in [9.17, 15) is 18.8 Å². The van der Waals surface area contributed by atoms with Crippen molar-refractivity contribution in [1.29, 1.82) is 0 Å². The summed E-state index contributed by atoms with van der Waals surface area (Å²) in [5.41, 5.74) is 2.18. The number of hydrogen-bond donors (Lipinski definition) is 0. The second-order valence-corrected chi connectivity index (χ2v) is 7.50. The first-order chi connectivity index (χ1) is 12.5. The van der Waals surface area contributed by atoms with E-state index in [1.165, 1.54) is 26.2 Å². The highest BCUT2D eigenvalue weighted by molar-refractivity contribution is 6.30. The van der Waals surface area contributed by atoms with E-state index >= 15 is 0 Å². The van der Waals surface area contributed by atoms with Gasteiger partial charge in [0.2, 0.25) is 0 Å². The van der Waals surface area contributed by atoms with E-state index in [0.717, 1.165) is 26.6 Å². The largest absolute Gasteiger partial charge is 0.365 e. The first-order valence-electron chi connectivity index (χ1n) is 8.54. The normalized spacial score (nSPS) is 19.4. The molecule has 2 heterocycles. The fourth-order valence-electron chi connectivity index (χ4n) is 3.43. The summed E-state index contributed by atoms with van der Waals surface area (Å²) in [6, 6.07) is 2.33. The van der Waals surface area contributed by atoms with Crippen LogP contribution in [0.3, 0.4) is 0 Å². The Morgan fingerprint density at radius 2 is 1.56 bits per heavy atom. The van der Waals surface area contributed by atoms with Crippen LogP contribution in [0, 0.1) is 5.82 Å². The predicted molar refractivity (Wildman–Crippen MR) is 101 cm³/mol. The maximum Gasteiger partial charge on any atom is 0.333 e. The van der Waals surface area contributed by atoms with E-state index < -0.39 is 23.7 Å². The average Bonchev–Trinajstić information content (AvgIpc) is 2.60. The van der Waals surface area contributed by atoms with Gasteiger partial charge < -0.3 is 4.90 Å². The summed E-state index contributed by atoms with van der Waals surface area (Å²) in [5.74, 6) is -2.03. The molecular weight excluding hydrogens is 349 g/mol. The molecule has 1 saturated heterocycles. The van der Waals surface area contributed by atoms with Gasteiger partial charge in [-0.25, -0.2) is 9.18 Å². The third-order valence-electron chi connectivity index (χ3n) is 5.28. The predicted octanol–water partition coefficient (Wildman–Crippen LogP) is 2.89. The molecule has 0 spiro atoms. The molecule has 3 rings (SSSR count). The molecule has 0 aromatic heterocycles. The summed E-state index contributed by atoms with van der Waals surface area (Å²) >= 11 is 0. The molecule has 6 nitrogen and oxygen atoms in total. The summed E-state index contributed by atoms with van der Waals surface area (Å²) in [5, 5.41) is 0. The van der Waals surface area contributed by atoms with Crippen LogP contribution in [0.4, 0.5) is 14.9 Å². The van der Waals surface area contributed by atoms with Gasteiger partial charge in [0.1, 0.15) is 11.4 Å². The second kappa shape index (κ2) is 6.04. The zero-order chi connectivity index (χ0) is 20.3. The third kappa shape index (κ3) is 2.83. The molecule has 27 heavy (non-hydrogen) atoms. The molecule has 7 heteroatoms. The molecule has 0 atom stereocenters. The van der Waals surface area contributed by atoms with E-state index in [4.69, 9.17) is 0 Å². The molecule has 2 aliphatic rings. The lowest BCUT2D eigenvalue weighted by Crippen LogP contribution is -2.52. The number of anilines is 1. The van der Waals surface area contributed by atoms with E-state index in [1.807, 2.05) is 32.7 Å². The van der Waals surface area contributed by atoms with Crippen molar-refractivity contribution in [3.8, 4) is 0 Å². The van der Waals surface area contributed by atoms with Gasteiger partial charge in [-0.2, -0.15) is 0 Å². The van der Waals surface area contributed by atoms with Gasteiger partial charge in [0.25, 0.3) is 11.8 Å². The maximum atomic E-state index is 14.8. The van der Waals surface area contributed by atoms with Crippen LogP contribution in [0.2, 0.25) is 0 Å². The number of carbonyl (C=O) groups is 3. The monoisotopic (exact) mass is 371 g/mol. The first-order valence-corrected chi connectivity index (χ1v) is 8.54. The van der Waals surface area contributed by atoms with Crippen LogP contribution in [0.5, 0.6) is 0 Å². The lowest BCUT2D eigenvalue weighted by atomic mass is 9.88. The van der Waals surface area contributed by atoms with Crippen LogP contribution in [0.15, 0.2) is 23.8 Å². The lowest BCUT2D eigenvalue weighted by Gasteiger charge is -2.40. The molecule has 1 aromatic rings. The number of hydrogen-bond acceptors (Lipinski definition) is 4. The summed E-state index contributed by atoms with van der Waals surface area (Å²) in [6.07, 6.45) is 3.30. The minimum atomic E-state index is -0.745. The molecule has 0 saturated carbocycles. The van der Waals surface area contributed by atoms with E-state index in [2.05, 4.69) is 6.08 Å². The number of allylic oxidation sites excluding steroid dienone is 1. The van der Waals surface area contributed by atoms with Gasteiger partial charge in [-0.15, -0.1) is 0 Å². The Morgan fingerprint density at radius 3 is 2.11 bits per heavy atom. The van der Waals surface area contributed by atoms with E-state index in [1.54, 1.807) is 6.07 Å². The number of benzene rings is 1. The molecular formula is C20H22FN3O3. The molecule has 142 valence electrons. The average molecular weight is 371 g/mol. The number of amides is 4.